The van der Waals surface area contributed by atoms with E-state index in [4.69, 9.17) is 14.2 Å². The van der Waals surface area contributed by atoms with Crippen LogP contribution in [0, 0.1) is 0 Å². The van der Waals surface area contributed by atoms with Crippen molar-refractivity contribution < 1.29 is 28.6 Å². The average molecular weight is 813 g/mol. The van der Waals surface area contributed by atoms with Crippen molar-refractivity contribution in [2.45, 2.75) is 252 Å². The van der Waals surface area contributed by atoms with E-state index in [2.05, 4.69) is 69.4 Å². The molecule has 0 aromatic heterocycles. The third kappa shape index (κ3) is 44.5. The molecule has 0 amide bonds. The number of esters is 3. The molecule has 0 rings (SSSR count). The molecule has 0 aliphatic heterocycles. The molecule has 0 heterocycles. The van der Waals surface area contributed by atoms with Gasteiger partial charge in [0.05, 0.1) is 0 Å². The van der Waals surface area contributed by atoms with Gasteiger partial charge in [0.2, 0.25) is 0 Å². The Balaban J connectivity index is 4.42. The Labute approximate surface area is 358 Å². The summed E-state index contributed by atoms with van der Waals surface area (Å²) in [5.41, 5.74) is 0. The maximum atomic E-state index is 12.7. The van der Waals surface area contributed by atoms with E-state index in [0.717, 1.165) is 83.5 Å². The van der Waals surface area contributed by atoms with Crippen molar-refractivity contribution in [1.29, 1.82) is 0 Å². The average Bonchev–Trinajstić information content (AvgIpc) is 3.22. The van der Waals surface area contributed by atoms with Crippen LogP contribution in [0.1, 0.15) is 245 Å². The van der Waals surface area contributed by atoms with Crippen LogP contribution in [-0.2, 0) is 28.6 Å². The second-order valence-corrected chi connectivity index (χ2v) is 16.4. The molecule has 1 atom stereocenters. The van der Waals surface area contributed by atoms with Crippen LogP contribution in [0.3, 0.4) is 0 Å². The Morgan fingerprint density at radius 1 is 0.362 bits per heavy atom. The molecule has 0 aliphatic carbocycles. The molecule has 0 aromatic rings. The third-order valence-electron chi connectivity index (χ3n) is 10.6. The minimum Gasteiger partial charge on any atom is -0.462 e. The van der Waals surface area contributed by atoms with Crippen LogP contribution < -0.4 is 0 Å². The quantitative estimate of drug-likeness (QED) is 0.0264. The van der Waals surface area contributed by atoms with Gasteiger partial charge in [0.25, 0.3) is 0 Å². The molecular formula is C52H92O6. The Hall–Kier alpha value is -2.63. The van der Waals surface area contributed by atoms with Crippen LogP contribution in [-0.4, -0.2) is 37.2 Å². The molecule has 0 saturated heterocycles. The van der Waals surface area contributed by atoms with Gasteiger partial charge in [0, 0.05) is 19.3 Å². The summed E-state index contributed by atoms with van der Waals surface area (Å²) in [6.45, 7) is 6.49. The van der Waals surface area contributed by atoms with Gasteiger partial charge in [-0.05, 0) is 57.8 Å². The number of unbranched alkanes of at least 4 members (excludes halogenated alkanes) is 25. The summed E-state index contributed by atoms with van der Waals surface area (Å²) in [6.07, 6.45) is 55.2. The Morgan fingerprint density at radius 2 is 0.672 bits per heavy atom. The van der Waals surface area contributed by atoms with E-state index in [1.807, 2.05) is 0 Å². The van der Waals surface area contributed by atoms with Crippen LogP contribution in [0.5, 0.6) is 0 Å². The number of ether oxygens (including phenoxy) is 3. The minimum absolute atomic E-state index is 0.0828. The Kier molecular flexibility index (Phi) is 44.9. The molecule has 0 unspecified atom stereocenters. The molecule has 0 N–H and O–H groups in total. The largest absolute Gasteiger partial charge is 0.462 e. The van der Waals surface area contributed by atoms with E-state index in [-0.39, 0.29) is 31.1 Å². The first-order valence-electron chi connectivity index (χ1n) is 24.6. The number of hydrogen-bond acceptors (Lipinski definition) is 6. The van der Waals surface area contributed by atoms with Gasteiger partial charge >= 0.3 is 17.9 Å². The molecular weight excluding hydrogens is 721 g/mol. The lowest BCUT2D eigenvalue weighted by atomic mass is 10.0. The summed E-state index contributed by atoms with van der Waals surface area (Å²) >= 11 is 0. The smallest absolute Gasteiger partial charge is 0.306 e. The Morgan fingerprint density at radius 3 is 1.05 bits per heavy atom. The summed E-state index contributed by atoms with van der Waals surface area (Å²) in [4.78, 5) is 37.8. The Bertz CT molecular complexity index is 1030. The van der Waals surface area contributed by atoms with E-state index in [1.54, 1.807) is 0 Å². The van der Waals surface area contributed by atoms with E-state index in [1.165, 1.54) is 122 Å². The molecule has 0 aromatic carbocycles. The van der Waals surface area contributed by atoms with Gasteiger partial charge in [-0.2, -0.15) is 0 Å². The lowest BCUT2D eigenvalue weighted by molar-refractivity contribution is -0.167. The first-order valence-corrected chi connectivity index (χ1v) is 24.6. The highest BCUT2D eigenvalue weighted by Gasteiger charge is 2.19. The number of rotatable bonds is 44. The second-order valence-electron chi connectivity index (χ2n) is 16.4. The normalized spacial score (nSPS) is 12.4. The topological polar surface area (TPSA) is 78.9 Å². The number of hydrogen-bond donors (Lipinski definition) is 0. The van der Waals surface area contributed by atoms with E-state index in [0.29, 0.717) is 19.3 Å². The van der Waals surface area contributed by atoms with Crippen LogP contribution in [0.2, 0.25) is 0 Å². The third-order valence-corrected chi connectivity index (χ3v) is 10.6. The van der Waals surface area contributed by atoms with Crippen LogP contribution in [0.25, 0.3) is 0 Å². The molecule has 336 valence electrons. The van der Waals surface area contributed by atoms with Crippen molar-refractivity contribution in [3.05, 3.63) is 48.6 Å². The van der Waals surface area contributed by atoms with Gasteiger partial charge in [-0.3, -0.25) is 14.4 Å². The van der Waals surface area contributed by atoms with Crippen molar-refractivity contribution in [3.8, 4) is 0 Å². The fourth-order valence-electron chi connectivity index (χ4n) is 6.90. The van der Waals surface area contributed by atoms with E-state index >= 15 is 0 Å². The summed E-state index contributed by atoms with van der Waals surface area (Å²) in [7, 11) is 0. The van der Waals surface area contributed by atoms with Crippen LogP contribution >= 0.6 is 0 Å². The minimum atomic E-state index is -0.784. The molecule has 0 saturated carbocycles. The predicted molar refractivity (Wildman–Crippen MR) is 247 cm³/mol. The zero-order valence-electron chi connectivity index (χ0n) is 38.3. The highest BCUT2D eigenvalue weighted by Crippen LogP contribution is 2.15. The second kappa shape index (κ2) is 47.1. The molecule has 0 fully saturated rings. The van der Waals surface area contributed by atoms with Crippen LogP contribution in [0.15, 0.2) is 48.6 Å². The summed E-state index contributed by atoms with van der Waals surface area (Å²) in [5, 5.41) is 0. The lowest BCUT2D eigenvalue weighted by Gasteiger charge is -2.18. The molecule has 6 nitrogen and oxygen atoms in total. The molecule has 0 aliphatic rings. The first-order chi connectivity index (χ1) is 28.5. The van der Waals surface area contributed by atoms with E-state index < -0.39 is 6.10 Å². The maximum absolute atomic E-state index is 12.7. The van der Waals surface area contributed by atoms with Crippen molar-refractivity contribution in [2.75, 3.05) is 13.2 Å². The van der Waals surface area contributed by atoms with Gasteiger partial charge in [0.15, 0.2) is 6.10 Å². The first kappa shape index (κ1) is 55.4. The van der Waals surface area contributed by atoms with Crippen LogP contribution in [0.4, 0.5) is 0 Å². The molecule has 0 radical (unpaired) electrons. The molecule has 58 heavy (non-hydrogen) atoms. The highest BCUT2D eigenvalue weighted by molar-refractivity contribution is 5.71. The lowest BCUT2D eigenvalue weighted by Crippen LogP contribution is -2.30. The molecule has 6 heteroatoms. The van der Waals surface area contributed by atoms with E-state index in [9.17, 15) is 14.4 Å². The number of carbonyl (C=O) groups excluding carboxylic acids is 3. The number of allylic oxidation sites excluding steroid dienone is 8. The van der Waals surface area contributed by atoms with Crippen molar-refractivity contribution in [2.24, 2.45) is 0 Å². The monoisotopic (exact) mass is 813 g/mol. The molecule has 0 spiro atoms. The predicted octanol–water partition coefficient (Wildman–Crippen LogP) is 15.9. The SMILES string of the molecule is CC/C=C\C/C=C\C/C=C\C/C=C\CCCCC(=O)OC[C@H](COC(=O)CCCCCCCCCCCCCCC)OC(=O)CCCCCCCCCCCCCC. The molecule has 0 bridgehead atoms. The van der Waals surface area contributed by atoms with Crippen molar-refractivity contribution in [3.63, 3.8) is 0 Å². The van der Waals surface area contributed by atoms with Crippen molar-refractivity contribution >= 4 is 17.9 Å². The van der Waals surface area contributed by atoms with Gasteiger partial charge in [0.1, 0.15) is 13.2 Å². The maximum Gasteiger partial charge on any atom is 0.306 e. The fraction of sp³-hybridized carbons (Fsp3) is 0.788. The summed E-state index contributed by atoms with van der Waals surface area (Å²) < 4.78 is 16.7. The number of carbonyl (C=O) groups is 3. The standard InChI is InChI=1S/C52H92O6/c1-4-7-10-13-16-19-22-25-26-28-31-33-36-39-42-45-51(54)57-48-49(58-52(55)46-43-40-37-34-29-24-21-18-15-12-9-6-3)47-56-50(53)44-41-38-35-32-30-27-23-20-17-14-11-8-5-2/h7,10,16,19,25-26,31,33,49H,4-6,8-9,11-15,17-18,20-24,27-30,32,34-48H2,1-3H3/b10-7-,19-16-,26-25-,33-31-/t49-/m0/s1. The highest BCUT2D eigenvalue weighted by atomic mass is 16.6. The zero-order valence-corrected chi connectivity index (χ0v) is 38.3. The van der Waals surface area contributed by atoms with Gasteiger partial charge in [-0.15, -0.1) is 0 Å². The van der Waals surface area contributed by atoms with Gasteiger partial charge in [-0.25, -0.2) is 0 Å². The zero-order chi connectivity index (χ0) is 42.3. The van der Waals surface area contributed by atoms with Crippen molar-refractivity contribution in [1.82, 2.24) is 0 Å². The summed E-state index contributed by atoms with van der Waals surface area (Å²) in [6, 6.07) is 0. The summed E-state index contributed by atoms with van der Waals surface area (Å²) in [5.74, 6) is -0.920. The van der Waals surface area contributed by atoms with Gasteiger partial charge < -0.3 is 14.2 Å². The van der Waals surface area contributed by atoms with Gasteiger partial charge in [-0.1, -0.05) is 217 Å². The fourth-order valence-corrected chi connectivity index (χ4v) is 6.90.